The first-order valence-electron chi connectivity index (χ1n) is 9.54. The van der Waals surface area contributed by atoms with Gasteiger partial charge in [-0.05, 0) is 56.4 Å². The van der Waals surface area contributed by atoms with Crippen molar-refractivity contribution < 1.29 is 9.59 Å². The van der Waals surface area contributed by atoms with Gasteiger partial charge in [-0.3, -0.25) is 9.59 Å². The summed E-state index contributed by atoms with van der Waals surface area (Å²) in [5, 5.41) is 16.0. The maximum absolute atomic E-state index is 12.8. The summed E-state index contributed by atoms with van der Waals surface area (Å²) in [5.74, 6) is -0.314. The largest absolute Gasteiger partial charge is 0.324 e. The van der Waals surface area contributed by atoms with Gasteiger partial charge in [0.25, 0.3) is 5.91 Å². The number of hydrogen-bond acceptors (Lipinski definition) is 5. The normalized spacial score (nSPS) is 18.7. The predicted octanol–water partition coefficient (Wildman–Crippen LogP) is 4.96. The second-order valence-corrected chi connectivity index (χ2v) is 9.64. The molecule has 0 spiro atoms. The quantitative estimate of drug-likeness (QED) is 0.731. The van der Waals surface area contributed by atoms with Crippen LogP contribution in [0.5, 0.6) is 0 Å². The molecule has 1 aliphatic carbocycles. The number of fused-ring (bicyclic) bond motifs is 2. The smallest absolute Gasteiger partial charge is 0.256 e. The molecule has 28 heavy (non-hydrogen) atoms. The number of nitrogens with one attached hydrogen (secondary N) is 2. The van der Waals surface area contributed by atoms with E-state index in [1.54, 1.807) is 12.1 Å². The van der Waals surface area contributed by atoms with Gasteiger partial charge in [0.2, 0.25) is 5.91 Å². The van der Waals surface area contributed by atoms with Gasteiger partial charge >= 0.3 is 0 Å². The molecular weight excluding hydrogens is 390 g/mol. The standard InChI is InChI=1S/C21H21N3O2S2/c1-12-19(25)23-16-10-13(8-9-18(16)27-12)20(26)24-21-15(11-22)14-6-4-2-3-5-7-17(14)28-21/h8-10,12H,2-7H2,1H3,(H,23,25)(H,24,26). The molecule has 0 bridgehead atoms. The molecule has 1 aliphatic heterocycles. The number of amides is 2. The van der Waals surface area contributed by atoms with Crippen LogP contribution in [-0.2, 0) is 17.6 Å². The van der Waals surface area contributed by atoms with E-state index in [0.29, 0.717) is 21.8 Å². The van der Waals surface area contributed by atoms with Gasteiger partial charge in [0.05, 0.1) is 16.5 Å². The molecule has 0 radical (unpaired) electrons. The van der Waals surface area contributed by atoms with Crippen molar-refractivity contribution in [3.63, 3.8) is 0 Å². The van der Waals surface area contributed by atoms with Crippen LogP contribution in [0.15, 0.2) is 23.1 Å². The van der Waals surface area contributed by atoms with Gasteiger partial charge < -0.3 is 10.6 Å². The first-order valence-corrected chi connectivity index (χ1v) is 11.2. The molecule has 1 unspecified atom stereocenters. The Bertz CT molecular complexity index is 990. The number of thioether (sulfide) groups is 1. The summed E-state index contributed by atoms with van der Waals surface area (Å²) in [4.78, 5) is 26.9. The molecule has 2 aromatic rings. The molecule has 2 aliphatic rings. The molecule has 2 N–H and O–H groups in total. The maximum Gasteiger partial charge on any atom is 0.256 e. The van der Waals surface area contributed by atoms with Gasteiger partial charge in [0.1, 0.15) is 11.1 Å². The van der Waals surface area contributed by atoms with Crippen LogP contribution >= 0.6 is 23.1 Å². The first-order chi connectivity index (χ1) is 13.6. The second kappa shape index (κ2) is 7.98. The molecule has 1 aromatic carbocycles. The Balaban J connectivity index is 1.59. The number of carbonyl (C=O) groups is 2. The molecule has 0 fully saturated rings. The van der Waals surface area contributed by atoms with Gasteiger partial charge in [-0.25, -0.2) is 0 Å². The molecule has 7 heteroatoms. The Morgan fingerprint density at radius 2 is 2.04 bits per heavy atom. The lowest BCUT2D eigenvalue weighted by molar-refractivity contribution is -0.115. The number of nitriles is 1. The Kier molecular flexibility index (Phi) is 5.42. The van der Waals surface area contributed by atoms with Crippen molar-refractivity contribution in [2.75, 3.05) is 10.6 Å². The van der Waals surface area contributed by atoms with Crippen molar-refractivity contribution in [2.45, 2.75) is 55.6 Å². The predicted molar refractivity (Wildman–Crippen MR) is 113 cm³/mol. The minimum absolute atomic E-state index is 0.0557. The highest BCUT2D eigenvalue weighted by Crippen LogP contribution is 2.38. The van der Waals surface area contributed by atoms with Crippen LogP contribution in [0.4, 0.5) is 10.7 Å². The average molecular weight is 412 g/mol. The van der Waals surface area contributed by atoms with E-state index in [2.05, 4.69) is 16.7 Å². The van der Waals surface area contributed by atoms with E-state index in [-0.39, 0.29) is 17.1 Å². The third kappa shape index (κ3) is 3.67. The highest BCUT2D eigenvalue weighted by molar-refractivity contribution is 8.00. The van der Waals surface area contributed by atoms with Crippen LogP contribution in [0.25, 0.3) is 0 Å². The maximum atomic E-state index is 12.8. The molecule has 0 saturated carbocycles. The molecule has 2 heterocycles. The summed E-state index contributed by atoms with van der Waals surface area (Å²) in [7, 11) is 0. The zero-order chi connectivity index (χ0) is 19.7. The molecule has 144 valence electrons. The minimum Gasteiger partial charge on any atom is -0.324 e. The highest BCUT2D eigenvalue weighted by atomic mass is 32.2. The van der Waals surface area contributed by atoms with Gasteiger partial charge in [-0.2, -0.15) is 5.26 Å². The van der Waals surface area contributed by atoms with Gasteiger partial charge in [0, 0.05) is 15.3 Å². The van der Waals surface area contributed by atoms with Crippen LogP contribution in [0, 0.1) is 11.3 Å². The summed E-state index contributed by atoms with van der Waals surface area (Å²) < 4.78 is 0. The number of thiophene rings is 1. The van der Waals surface area contributed by atoms with Crippen molar-refractivity contribution in [3.05, 3.63) is 39.8 Å². The number of hydrogen-bond donors (Lipinski definition) is 2. The van der Waals surface area contributed by atoms with E-state index in [0.717, 1.165) is 36.1 Å². The van der Waals surface area contributed by atoms with E-state index in [4.69, 9.17) is 0 Å². The third-order valence-corrected chi connectivity index (χ3v) is 7.57. The number of aryl methyl sites for hydroxylation is 1. The molecule has 5 nitrogen and oxygen atoms in total. The molecular formula is C21H21N3O2S2. The topological polar surface area (TPSA) is 82.0 Å². The fraction of sp³-hybridized carbons (Fsp3) is 0.381. The summed E-state index contributed by atoms with van der Waals surface area (Å²) >= 11 is 3.02. The van der Waals surface area contributed by atoms with Crippen molar-refractivity contribution >= 4 is 45.6 Å². The number of benzene rings is 1. The number of rotatable bonds is 2. The summed E-state index contributed by atoms with van der Waals surface area (Å²) in [5.41, 5.74) is 2.87. The lowest BCUT2D eigenvalue weighted by Gasteiger charge is -2.21. The Morgan fingerprint density at radius 3 is 2.82 bits per heavy atom. The summed E-state index contributed by atoms with van der Waals surface area (Å²) in [6.07, 6.45) is 6.52. The average Bonchev–Trinajstić information content (AvgIpc) is 2.97. The number of anilines is 2. The zero-order valence-corrected chi connectivity index (χ0v) is 17.3. The van der Waals surface area contributed by atoms with E-state index >= 15 is 0 Å². The lowest BCUT2D eigenvalue weighted by atomic mass is 9.97. The summed E-state index contributed by atoms with van der Waals surface area (Å²) in [6.45, 7) is 1.86. The van der Waals surface area contributed by atoms with E-state index in [1.807, 2.05) is 13.0 Å². The fourth-order valence-electron chi connectivity index (χ4n) is 3.65. The second-order valence-electron chi connectivity index (χ2n) is 7.15. The Hall–Kier alpha value is -2.30. The van der Waals surface area contributed by atoms with Crippen LogP contribution < -0.4 is 10.6 Å². The van der Waals surface area contributed by atoms with Gasteiger partial charge in [-0.1, -0.05) is 12.8 Å². The Morgan fingerprint density at radius 1 is 1.25 bits per heavy atom. The SMILES string of the molecule is CC1Sc2ccc(C(=O)Nc3sc4c(c3C#N)CCCCCC4)cc2NC1=O. The van der Waals surface area contributed by atoms with Crippen LogP contribution in [-0.4, -0.2) is 17.1 Å². The van der Waals surface area contributed by atoms with E-state index in [1.165, 1.54) is 40.8 Å². The fourth-order valence-corrected chi connectivity index (χ4v) is 5.82. The first kappa shape index (κ1) is 19.0. The van der Waals surface area contributed by atoms with Crippen molar-refractivity contribution in [1.82, 2.24) is 0 Å². The van der Waals surface area contributed by atoms with E-state index < -0.39 is 0 Å². The molecule has 1 aromatic heterocycles. The van der Waals surface area contributed by atoms with Gasteiger partial charge in [-0.15, -0.1) is 23.1 Å². The summed E-state index contributed by atoms with van der Waals surface area (Å²) in [6, 6.07) is 7.64. The van der Waals surface area contributed by atoms with Crippen LogP contribution in [0.3, 0.4) is 0 Å². The molecule has 2 amide bonds. The van der Waals surface area contributed by atoms with Crippen molar-refractivity contribution in [2.24, 2.45) is 0 Å². The van der Waals surface area contributed by atoms with Crippen LogP contribution in [0.2, 0.25) is 0 Å². The number of nitrogens with zero attached hydrogens (tertiary/aromatic N) is 1. The van der Waals surface area contributed by atoms with E-state index in [9.17, 15) is 14.9 Å². The molecule has 0 saturated heterocycles. The third-order valence-electron chi connectivity index (χ3n) is 5.18. The van der Waals surface area contributed by atoms with Crippen molar-refractivity contribution in [3.8, 4) is 6.07 Å². The van der Waals surface area contributed by atoms with Crippen molar-refractivity contribution in [1.29, 1.82) is 5.26 Å². The molecule has 4 rings (SSSR count). The lowest BCUT2D eigenvalue weighted by Crippen LogP contribution is -2.26. The van der Waals surface area contributed by atoms with Gasteiger partial charge in [0.15, 0.2) is 0 Å². The highest BCUT2D eigenvalue weighted by Gasteiger charge is 2.25. The zero-order valence-electron chi connectivity index (χ0n) is 15.6. The minimum atomic E-state index is -0.258. The molecule has 1 atom stereocenters. The number of carbonyl (C=O) groups excluding carboxylic acids is 2. The van der Waals surface area contributed by atoms with Crippen LogP contribution in [0.1, 0.15) is 59.0 Å². The Labute approximate surface area is 172 Å². The monoisotopic (exact) mass is 411 g/mol.